The number of amides is 1. The molecule has 1 aliphatic heterocycles. The van der Waals surface area contributed by atoms with Crippen molar-refractivity contribution >= 4 is 38.1 Å². The van der Waals surface area contributed by atoms with Gasteiger partial charge in [0, 0.05) is 26.1 Å². The molecule has 0 fully saturated rings. The minimum Gasteiger partial charge on any atom is -0.377 e. The van der Waals surface area contributed by atoms with E-state index in [9.17, 15) is 13.2 Å². The predicted octanol–water partition coefficient (Wildman–Crippen LogP) is 4.36. The van der Waals surface area contributed by atoms with Crippen LogP contribution in [0, 0.1) is 6.92 Å². The van der Waals surface area contributed by atoms with Crippen LogP contribution >= 0.6 is 11.3 Å². The Bertz CT molecular complexity index is 1220. The molecule has 2 aromatic carbocycles. The molecule has 1 amide bonds. The second kappa shape index (κ2) is 8.41. The maximum absolute atomic E-state index is 13.3. The Morgan fingerprint density at radius 2 is 1.97 bits per heavy atom. The number of hydrogen-bond acceptors (Lipinski definition) is 6. The number of nitrogens with one attached hydrogen (secondary N) is 1. The molecule has 0 spiro atoms. The first-order chi connectivity index (χ1) is 14.8. The fourth-order valence-electron chi connectivity index (χ4n) is 3.77. The first kappa shape index (κ1) is 21.5. The Balaban J connectivity index is 1.78. The van der Waals surface area contributed by atoms with Gasteiger partial charge in [-0.2, -0.15) is 0 Å². The Morgan fingerprint density at radius 3 is 2.65 bits per heavy atom. The lowest BCUT2D eigenvalue weighted by Gasteiger charge is -2.34. The van der Waals surface area contributed by atoms with Crippen LogP contribution in [-0.4, -0.2) is 33.0 Å². The van der Waals surface area contributed by atoms with Gasteiger partial charge in [0.05, 0.1) is 27.3 Å². The van der Waals surface area contributed by atoms with Gasteiger partial charge in [-0.15, -0.1) is 0 Å². The Morgan fingerprint density at radius 1 is 1.23 bits per heavy atom. The van der Waals surface area contributed by atoms with Gasteiger partial charge >= 0.3 is 0 Å². The largest absolute Gasteiger partial charge is 0.377 e. The van der Waals surface area contributed by atoms with Gasteiger partial charge in [0.2, 0.25) is 5.91 Å². The molecule has 162 valence electrons. The monoisotopic (exact) mass is 457 g/mol. The number of aromatic nitrogens is 1. The summed E-state index contributed by atoms with van der Waals surface area (Å²) >= 11 is 1.39. The first-order valence-electron chi connectivity index (χ1n) is 9.81. The zero-order valence-corrected chi connectivity index (χ0v) is 19.1. The van der Waals surface area contributed by atoms with Crippen LogP contribution in [0.25, 0.3) is 10.4 Å². The number of carbonyl (C=O) groups excluding carboxylic acids is 1. The molecule has 0 radical (unpaired) electrons. The number of rotatable bonds is 5. The highest BCUT2D eigenvalue weighted by atomic mass is 32.2. The van der Waals surface area contributed by atoms with Gasteiger partial charge in [0.25, 0.3) is 10.0 Å². The van der Waals surface area contributed by atoms with Crippen molar-refractivity contribution in [1.82, 2.24) is 4.98 Å². The number of thiazole rings is 1. The van der Waals surface area contributed by atoms with Crippen molar-refractivity contribution in [2.24, 2.45) is 0 Å². The molecule has 0 saturated carbocycles. The number of hydrogen-bond donors (Lipinski definition) is 1. The molecule has 1 aliphatic rings. The Labute approximate surface area is 185 Å². The molecule has 1 aromatic heterocycles. The average Bonchev–Trinajstić information content (AvgIpc) is 3.12. The van der Waals surface area contributed by atoms with Crippen LogP contribution < -0.4 is 9.62 Å². The standard InChI is InChI=1S/C22H23N3O4S2/c1-14-21(30-22(23-14)24-15(2)26)16-9-10-19-18(13-16)20(29-3)11-12-25(19)31(27,28)17-7-5-4-6-8-17/h4-10,13,20H,11-12H2,1-3H3,(H,23,24,26)/t20-/m1/s1. The lowest BCUT2D eigenvalue weighted by molar-refractivity contribution is -0.114. The van der Waals surface area contributed by atoms with E-state index in [2.05, 4.69) is 10.3 Å². The van der Waals surface area contributed by atoms with Gasteiger partial charge in [-0.05, 0) is 43.2 Å². The molecule has 2 heterocycles. The summed E-state index contributed by atoms with van der Waals surface area (Å²) in [5.41, 5.74) is 3.15. The van der Waals surface area contributed by atoms with Gasteiger partial charge < -0.3 is 10.1 Å². The number of nitrogens with zero attached hydrogens (tertiary/aromatic N) is 2. The van der Waals surface area contributed by atoms with E-state index in [4.69, 9.17) is 4.74 Å². The molecule has 0 saturated heterocycles. The van der Waals surface area contributed by atoms with Gasteiger partial charge in [-0.3, -0.25) is 9.10 Å². The normalized spacial score (nSPS) is 16.1. The number of methoxy groups -OCH3 is 1. The van der Waals surface area contributed by atoms with E-state index >= 15 is 0 Å². The van der Waals surface area contributed by atoms with Gasteiger partial charge in [-0.25, -0.2) is 13.4 Å². The molecule has 4 rings (SSSR count). The Kier molecular flexibility index (Phi) is 5.83. The first-order valence-corrected chi connectivity index (χ1v) is 12.1. The smallest absolute Gasteiger partial charge is 0.264 e. The summed E-state index contributed by atoms with van der Waals surface area (Å²) in [5, 5.41) is 3.26. The highest BCUT2D eigenvalue weighted by Gasteiger charge is 2.33. The average molecular weight is 458 g/mol. The number of fused-ring (bicyclic) bond motifs is 1. The fraction of sp³-hybridized carbons (Fsp3) is 0.273. The molecule has 9 heteroatoms. The molecule has 0 bridgehead atoms. The summed E-state index contributed by atoms with van der Waals surface area (Å²) in [4.78, 5) is 17.0. The van der Waals surface area contributed by atoms with Gasteiger partial charge in [-0.1, -0.05) is 35.6 Å². The third-order valence-corrected chi connectivity index (χ3v) is 8.14. The molecule has 1 N–H and O–H groups in total. The fourth-order valence-corrected chi connectivity index (χ4v) is 6.31. The molecule has 31 heavy (non-hydrogen) atoms. The van der Waals surface area contributed by atoms with Crippen molar-refractivity contribution in [2.75, 3.05) is 23.3 Å². The van der Waals surface area contributed by atoms with Crippen molar-refractivity contribution < 1.29 is 17.9 Å². The maximum atomic E-state index is 13.3. The van der Waals surface area contributed by atoms with E-state index in [1.54, 1.807) is 37.4 Å². The van der Waals surface area contributed by atoms with Gasteiger partial charge in [0.15, 0.2) is 5.13 Å². The van der Waals surface area contributed by atoms with Crippen molar-refractivity contribution in [2.45, 2.75) is 31.3 Å². The van der Waals surface area contributed by atoms with Crippen molar-refractivity contribution in [1.29, 1.82) is 0 Å². The summed E-state index contributed by atoms with van der Waals surface area (Å²) in [5.74, 6) is -0.174. The number of sulfonamides is 1. The van der Waals surface area contributed by atoms with Crippen LogP contribution in [-0.2, 0) is 19.6 Å². The summed E-state index contributed by atoms with van der Waals surface area (Å²) in [7, 11) is -2.05. The number of carbonyl (C=O) groups is 1. The van der Waals surface area contributed by atoms with E-state index < -0.39 is 10.0 Å². The minimum atomic E-state index is -3.68. The van der Waals surface area contributed by atoms with Gasteiger partial charge in [0.1, 0.15) is 0 Å². The van der Waals surface area contributed by atoms with Crippen LogP contribution in [0.5, 0.6) is 0 Å². The maximum Gasteiger partial charge on any atom is 0.264 e. The third-order valence-electron chi connectivity index (χ3n) is 5.19. The molecular formula is C22H23N3O4S2. The van der Waals surface area contributed by atoms with E-state index in [0.29, 0.717) is 23.8 Å². The minimum absolute atomic E-state index is 0.174. The van der Waals surface area contributed by atoms with Crippen LogP contribution in [0.15, 0.2) is 53.4 Å². The molecule has 3 aromatic rings. The lowest BCUT2D eigenvalue weighted by Crippen LogP contribution is -2.37. The quantitative estimate of drug-likeness (QED) is 0.615. The van der Waals surface area contributed by atoms with Crippen LogP contribution in [0.4, 0.5) is 10.8 Å². The van der Waals surface area contributed by atoms with Crippen molar-refractivity contribution in [3.63, 3.8) is 0 Å². The highest BCUT2D eigenvalue weighted by molar-refractivity contribution is 7.92. The molecule has 0 unspecified atom stereocenters. The molecule has 0 aliphatic carbocycles. The zero-order valence-electron chi connectivity index (χ0n) is 17.5. The third kappa shape index (κ3) is 4.08. The molecular weight excluding hydrogens is 434 g/mol. The van der Waals surface area contributed by atoms with E-state index in [1.807, 2.05) is 25.1 Å². The summed E-state index contributed by atoms with van der Waals surface area (Å²) in [6.07, 6.45) is 0.345. The predicted molar refractivity (Wildman–Crippen MR) is 122 cm³/mol. The summed E-state index contributed by atoms with van der Waals surface area (Å²) in [6, 6.07) is 14.1. The van der Waals surface area contributed by atoms with Crippen molar-refractivity contribution in [3.05, 3.63) is 59.8 Å². The Hall–Kier alpha value is -2.75. The number of benzene rings is 2. The second-order valence-corrected chi connectivity index (χ2v) is 10.2. The summed E-state index contributed by atoms with van der Waals surface area (Å²) < 4.78 is 33.7. The zero-order chi connectivity index (χ0) is 22.2. The lowest BCUT2D eigenvalue weighted by atomic mass is 9.97. The second-order valence-electron chi connectivity index (χ2n) is 7.29. The summed E-state index contributed by atoms with van der Waals surface area (Å²) in [6.45, 7) is 3.67. The molecule has 1 atom stereocenters. The van der Waals surface area contributed by atoms with Crippen LogP contribution in [0.3, 0.4) is 0 Å². The van der Waals surface area contributed by atoms with Crippen LogP contribution in [0.1, 0.15) is 30.7 Å². The molecule has 7 nitrogen and oxygen atoms in total. The van der Waals surface area contributed by atoms with E-state index in [-0.39, 0.29) is 16.9 Å². The number of anilines is 2. The van der Waals surface area contributed by atoms with Crippen LogP contribution in [0.2, 0.25) is 0 Å². The SMILES string of the molecule is CO[C@@H]1CCN(S(=O)(=O)c2ccccc2)c2ccc(-c3sc(NC(C)=O)nc3C)cc21. The number of ether oxygens (including phenoxy) is 1. The van der Waals surface area contributed by atoms with Crippen molar-refractivity contribution in [3.8, 4) is 10.4 Å². The van der Waals surface area contributed by atoms with E-state index in [1.165, 1.54) is 22.6 Å². The topological polar surface area (TPSA) is 88.6 Å². The highest BCUT2D eigenvalue weighted by Crippen LogP contribution is 2.42. The van der Waals surface area contributed by atoms with E-state index in [0.717, 1.165) is 21.7 Å². The number of aryl methyl sites for hydroxylation is 1.